The van der Waals surface area contributed by atoms with Gasteiger partial charge < -0.3 is 15.5 Å². The molecule has 2 N–H and O–H groups in total. The first-order chi connectivity index (χ1) is 11.5. The summed E-state index contributed by atoms with van der Waals surface area (Å²) in [6.07, 6.45) is 11.1. The molecule has 154 valence electrons. The van der Waals surface area contributed by atoms with Crippen LogP contribution in [0.4, 0.5) is 0 Å². The predicted molar refractivity (Wildman–Crippen MR) is 113 cm³/mol. The van der Waals surface area contributed by atoms with Crippen LogP contribution in [0, 0.1) is 17.8 Å². The van der Waals surface area contributed by atoms with Crippen LogP contribution in [0.1, 0.15) is 64.7 Å². The molecule has 2 heterocycles. The lowest BCUT2D eigenvalue weighted by Crippen LogP contribution is -2.59. The van der Waals surface area contributed by atoms with Gasteiger partial charge in [0.15, 0.2) is 0 Å². The van der Waals surface area contributed by atoms with E-state index in [1.165, 1.54) is 58.0 Å². The monoisotopic (exact) mass is 407 g/mol. The Morgan fingerprint density at radius 1 is 0.846 bits per heavy atom. The molecule has 4 nitrogen and oxygen atoms in total. The van der Waals surface area contributed by atoms with E-state index in [1.54, 1.807) is 0 Å². The van der Waals surface area contributed by atoms with Gasteiger partial charge in [-0.3, -0.25) is 4.79 Å². The lowest BCUT2D eigenvalue weighted by atomic mass is 9.74. The lowest BCUT2D eigenvalue weighted by Gasteiger charge is -2.43. The molecular formula is C20H39Cl2N3O. The molecule has 0 aromatic heterocycles. The Labute approximate surface area is 172 Å². The molecule has 3 fully saturated rings. The summed E-state index contributed by atoms with van der Waals surface area (Å²) in [5.74, 6) is 2.30. The number of likely N-dealkylation sites (tertiary alicyclic amines) is 2. The van der Waals surface area contributed by atoms with Crippen molar-refractivity contribution in [1.82, 2.24) is 9.80 Å². The minimum Gasteiger partial charge on any atom is -0.341 e. The Balaban J connectivity index is 0.00000169. The molecule has 0 radical (unpaired) electrons. The Hall–Kier alpha value is -0.0300. The molecule has 3 rings (SSSR count). The van der Waals surface area contributed by atoms with Crippen LogP contribution in [0.5, 0.6) is 0 Å². The smallest absolute Gasteiger partial charge is 0.242 e. The number of hydrogen-bond acceptors (Lipinski definition) is 3. The van der Waals surface area contributed by atoms with Crippen LogP contribution < -0.4 is 5.73 Å². The van der Waals surface area contributed by atoms with Crippen molar-refractivity contribution in [2.75, 3.05) is 33.2 Å². The molecule has 0 aromatic rings. The topological polar surface area (TPSA) is 49.6 Å². The van der Waals surface area contributed by atoms with Crippen molar-refractivity contribution in [2.24, 2.45) is 23.5 Å². The summed E-state index contributed by atoms with van der Waals surface area (Å²) in [4.78, 5) is 17.6. The molecule has 3 aliphatic rings. The van der Waals surface area contributed by atoms with E-state index in [4.69, 9.17) is 5.73 Å². The van der Waals surface area contributed by atoms with Gasteiger partial charge in [-0.1, -0.05) is 19.3 Å². The second kappa shape index (κ2) is 10.5. The number of carbonyl (C=O) groups excluding carboxylic acids is 1. The molecule has 0 unspecified atom stereocenters. The number of rotatable bonds is 3. The Bertz CT molecular complexity index is 425. The maximum Gasteiger partial charge on any atom is 0.242 e. The van der Waals surface area contributed by atoms with Crippen LogP contribution in [0.3, 0.4) is 0 Å². The minimum absolute atomic E-state index is 0. The average Bonchev–Trinajstić information content (AvgIpc) is 2.62. The molecule has 1 atom stereocenters. The molecule has 1 amide bonds. The average molecular weight is 408 g/mol. The van der Waals surface area contributed by atoms with Crippen LogP contribution in [0.15, 0.2) is 0 Å². The summed E-state index contributed by atoms with van der Waals surface area (Å²) in [6.45, 7) is 6.33. The number of halogens is 2. The first-order valence-electron chi connectivity index (χ1n) is 10.3. The van der Waals surface area contributed by atoms with E-state index in [0.717, 1.165) is 37.8 Å². The molecular weight excluding hydrogens is 369 g/mol. The predicted octanol–water partition coefficient (Wildman–Crippen LogP) is 3.71. The number of nitrogens with two attached hydrogens (primary N) is 1. The maximum atomic E-state index is 13.0. The molecule has 2 aliphatic heterocycles. The number of carbonyl (C=O) groups is 1. The van der Waals surface area contributed by atoms with Gasteiger partial charge in [-0.05, 0) is 83.3 Å². The molecule has 6 heteroatoms. The van der Waals surface area contributed by atoms with Gasteiger partial charge in [-0.2, -0.15) is 0 Å². The molecule has 26 heavy (non-hydrogen) atoms. The number of piperidine rings is 2. The Kier molecular flexibility index (Phi) is 9.69. The Morgan fingerprint density at radius 2 is 1.31 bits per heavy atom. The normalized spacial score (nSPS) is 26.5. The maximum absolute atomic E-state index is 13.0. The third-order valence-corrected chi connectivity index (χ3v) is 7.17. The highest BCUT2D eigenvalue weighted by Gasteiger charge is 2.41. The van der Waals surface area contributed by atoms with Crippen molar-refractivity contribution in [3.05, 3.63) is 0 Å². The fraction of sp³-hybridized carbons (Fsp3) is 0.950. The highest BCUT2D eigenvalue weighted by Crippen LogP contribution is 2.35. The van der Waals surface area contributed by atoms with Crippen LogP contribution in [0.2, 0.25) is 0 Å². The summed E-state index contributed by atoms with van der Waals surface area (Å²) in [5.41, 5.74) is 5.91. The van der Waals surface area contributed by atoms with Crippen molar-refractivity contribution >= 4 is 30.7 Å². The van der Waals surface area contributed by atoms with Gasteiger partial charge in [0.2, 0.25) is 5.91 Å². The fourth-order valence-electron chi connectivity index (χ4n) is 5.29. The van der Waals surface area contributed by atoms with E-state index >= 15 is 0 Å². The third-order valence-electron chi connectivity index (χ3n) is 7.17. The van der Waals surface area contributed by atoms with Crippen molar-refractivity contribution in [1.29, 1.82) is 0 Å². The van der Waals surface area contributed by atoms with Gasteiger partial charge in [0.1, 0.15) is 0 Å². The van der Waals surface area contributed by atoms with E-state index < -0.39 is 5.54 Å². The molecule has 0 spiro atoms. The standard InChI is InChI=1S/C20H37N3O.2ClH/c1-20(21,18-6-4-3-5-7-18)19(24)23-14-10-17(11-15-23)16-8-12-22(2)13-9-16;;/h16-18H,3-15,21H2,1-2H3;2*1H/t20-;;/m0../s1. The number of nitrogens with zero attached hydrogens (tertiary/aromatic N) is 2. The van der Waals surface area contributed by atoms with Gasteiger partial charge >= 0.3 is 0 Å². The second-order valence-corrected chi connectivity index (χ2v) is 8.89. The molecule has 2 saturated heterocycles. The summed E-state index contributed by atoms with van der Waals surface area (Å²) < 4.78 is 0. The van der Waals surface area contributed by atoms with Crippen LogP contribution in [0.25, 0.3) is 0 Å². The first-order valence-corrected chi connectivity index (χ1v) is 10.3. The quantitative estimate of drug-likeness (QED) is 0.775. The van der Waals surface area contributed by atoms with Crippen molar-refractivity contribution in [3.63, 3.8) is 0 Å². The van der Waals surface area contributed by atoms with Gasteiger partial charge in [0.25, 0.3) is 0 Å². The third kappa shape index (κ3) is 5.50. The fourth-order valence-corrected chi connectivity index (χ4v) is 5.29. The van der Waals surface area contributed by atoms with Crippen LogP contribution in [-0.4, -0.2) is 54.5 Å². The van der Waals surface area contributed by atoms with E-state index in [2.05, 4.69) is 16.8 Å². The summed E-state index contributed by atoms with van der Waals surface area (Å²) in [6, 6.07) is 0. The van der Waals surface area contributed by atoms with E-state index in [1.807, 2.05) is 6.92 Å². The molecule has 0 aromatic carbocycles. The zero-order valence-electron chi connectivity index (χ0n) is 16.6. The number of amides is 1. The lowest BCUT2D eigenvalue weighted by molar-refractivity contribution is -0.140. The van der Waals surface area contributed by atoms with E-state index in [0.29, 0.717) is 5.92 Å². The van der Waals surface area contributed by atoms with Crippen molar-refractivity contribution in [3.8, 4) is 0 Å². The highest BCUT2D eigenvalue weighted by atomic mass is 35.5. The minimum atomic E-state index is -0.652. The summed E-state index contributed by atoms with van der Waals surface area (Å²) in [5, 5.41) is 0. The number of hydrogen-bond donors (Lipinski definition) is 1. The second-order valence-electron chi connectivity index (χ2n) is 8.89. The molecule has 0 bridgehead atoms. The summed E-state index contributed by atoms with van der Waals surface area (Å²) >= 11 is 0. The largest absolute Gasteiger partial charge is 0.341 e. The zero-order valence-corrected chi connectivity index (χ0v) is 18.3. The van der Waals surface area contributed by atoms with E-state index in [-0.39, 0.29) is 30.7 Å². The van der Waals surface area contributed by atoms with Gasteiger partial charge in [0.05, 0.1) is 5.54 Å². The molecule has 1 aliphatic carbocycles. The van der Waals surface area contributed by atoms with Gasteiger partial charge in [0, 0.05) is 13.1 Å². The van der Waals surface area contributed by atoms with Crippen molar-refractivity contribution in [2.45, 2.75) is 70.3 Å². The van der Waals surface area contributed by atoms with Crippen molar-refractivity contribution < 1.29 is 4.79 Å². The summed E-state index contributed by atoms with van der Waals surface area (Å²) in [7, 11) is 2.23. The van der Waals surface area contributed by atoms with Gasteiger partial charge in [-0.15, -0.1) is 24.8 Å². The van der Waals surface area contributed by atoms with Crippen LogP contribution >= 0.6 is 24.8 Å². The first kappa shape index (κ1) is 24.0. The van der Waals surface area contributed by atoms with E-state index in [9.17, 15) is 4.79 Å². The Morgan fingerprint density at radius 3 is 1.81 bits per heavy atom. The zero-order chi connectivity index (χ0) is 17.2. The van der Waals surface area contributed by atoms with Gasteiger partial charge in [-0.25, -0.2) is 0 Å². The SMILES string of the molecule is CN1CCC(C2CCN(C(=O)[C@@](C)(N)C3CCCCC3)CC2)CC1.Cl.Cl. The highest BCUT2D eigenvalue weighted by molar-refractivity contribution is 5.86. The van der Waals surface area contributed by atoms with Crippen LogP contribution in [-0.2, 0) is 4.79 Å². The molecule has 1 saturated carbocycles.